The number of benzene rings is 1. The molecule has 0 saturated heterocycles. The van der Waals surface area contributed by atoms with E-state index in [1.165, 1.54) is 0 Å². The fourth-order valence-electron chi connectivity index (χ4n) is 1.61. The van der Waals surface area contributed by atoms with Crippen molar-refractivity contribution in [2.24, 2.45) is 0 Å². The first-order chi connectivity index (χ1) is 9.78. The lowest BCUT2D eigenvalue weighted by Gasteiger charge is -2.22. The van der Waals surface area contributed by atoms with E-state index in [0.717, 1.165) is 5.56 Å². The van der Waals surface area contributed by atoms with Gasteiger partial charge in [-0.15, -0.1) is 0 Å². The Labute approximate surface area is 124 Å². The highest BCUT2D eigenvalue weighted by molar-refractivity contribution is 5.80. The normalized spacial score (nSPS) is 12.5. The molecule has 3 N–H and O–H groups in total. The van der Waals surface area contributed by atoms with Crippen molar-refractivity contribution in [3.63, 3.8) is 0 Å². The minimum atomic E-state index is -1.11. The molecule has 1 rings (SSSR count). The number of rotatable bonds is 6. The number of hydrogen-bond acceptors (Lipinski definition) is 4. The fourth-order valence-corrected chi connectivity index (χ4v) is 1.61. The van der Waals surface area contributed by atoms with E-state index in [4.69, 9.17) is 9.84 Å². The van der Waals surface area contributed by atoms with Crippen LogP contribution in [0.1, 0.15) is 26.3 Å². The summed E-state index contributed by atoms with van der Waals surface area (Å²) in [5, 5.41) is 14.4. The van der Waals surface area contributed by atoms with Crippen molar-refractivity contribution in [3.05, 3.63) is 35.9 Å². The molecule has 6 nitrogen and oxygen atoms in total. The maximum atomic E-state index is 11.6. The monoisotopic (exact) mass is 294 g/mol. The molecule has 0 heterocycles. The molecule has 0 radical (unpaired) electrons. The quantitative estimate of drug-likeness (QED) is 0.744. The molecule has 0 saturated carbocycles. The Hall–Kier alpha value is -2.08. The number of hydrogen-bond donors (Lipinski definition) is 3. The third-order valence-electron chi connectivity index (χ3n) is 2.51. The van der Waals surface area contributed by atoms with Gasteiger partial charge in [-0.2, -0.15) is 0 Å². The van der Waals surface area contributed by atoms with Crippen molar-refractivity contribution in [3.8, 4) is 0 Å². The highest BCUT2D eigenvalue weighted by Crippen LogP contribution is 2.06. The molecule has 1 aromatic carbocycles. The molecule has 0 aromatic heterocycles. The summed E-state index contributed by atoms with van der Waals surface area (Å²) in [6.45, 7) is 5.80. The number of carboxylic acids is 1. The molecular weight excluding hydrogens is 272 g/mol. The summed E-state index contributed by atoms with van der Waals surface area (Å²) < 4.78 is 5.04. The molecule has 21 heavy (non-hydrogen) atoms. The van der Waals surface area contributed by atoms with Crippen LogP contribution < -0.4 is 10.6 Å². The van der Waals surface area contributed by atoms with Gasteiger partial charge in [0.15, 0.2) is 0 Å². The molecule has 1 amide bonds. The van der Waals surface area contributed by atoms with Gasteiger partial charge in [0.25, 0.3) is 0 Å². The standard InChI is InChI=1S/C15H22N2O4/c1-15(2,3)21-14(20)17-12(13(18)19)10-16-9-11-7-5-4-6-8-11/h4-8,12,16H,9-10H2,1-3H3,(H,17,20)(H,18,19). The van der Waals surface area contributed by atoms with Crippen molar-refractivity contribution in [2.75, 3.05) is 6.54 Å². The van der Waals surface area contributed by atoms with Crippen LogP contribution in [0.2, 0.25) is 0 Å². The van der Waals surface area contributed by atoms with E-state index in [2.05, 4.69) is 10.6 Å². The van der Waals surface area contributed by atoms with Crippen LogP contribution in [0, 0.1) is 0 Å². The van der Waals surface area contributed by atoms with Crippen molar-refractivity contribution >= 4 is 12.1 Å². The molecule has 0 fully saturated rings. The van der Waals surface area contributed by atoms with Crippen molar-refractivity contribution < 1.29 is 19.4 Å². The van der Waals surface area contributed by atoms with Gasteiger partial charge in [0, 0.05) is 13.1 Å². The van der Waals surface area contributed by atoms with E-state index in [1.807, 2.05) is 30.3 Å². The van der Waals surface area contributed by atoms with Crippen LogP contribution in [0.3, 0.4) is 0 Å². The molecule has 0 aliphatic rings. The predicted octanol–water partition coefficient (Wildman–Crippen LogP) is 1.75. The smallest absolute Gasteiger partial charge is 0.408 e. The largest absolute Gasteiger partial charge is 0.480 e. The number of carboxylic acid groups (broad SMARTS) is 1. The maximum absolute atomic E-state index is 11.6. The molecule has 0 aliphatic carbocycles. The number of amides is 1. The van der Waals surface area contributed by atoms with E-state index in [9.17, 15) is 9.59 Å². The molecular formula is C15H22N2O4. The number of carbonyl (C=O) groups is 2. The zero-order valence-corrected chi connectivity index (χ0v) is 12.6. The Morgan fingerprint density at radius 3 is 2.38 bits per heavy atom. The molecule has 1 atom stereocenters. The Balaban J connectivity index is 2.43. The zero-order valence-electron chi connectivity index (χ0n) is 12.6. The van der Waals surface area contributed by atoms with Gasteiger partial charge in [0.05, 0.1) is 0 Å². The summed E-state index contributed by atoms with van der Waals surface area (Å²) in [5.74, 6) is -1.11. The Bertz CT molecular complexity index is 468. The molecule has 6 heteroatoms. The third-order valence-corrected chi connectivity index (χ3v) is 2.51. The SMILES string of the molecule is CC(C)(C)OC(=O)NC(CNCc1ccccc1)C(=O)O. The van der Waals surface area contributed by atoms with Gasteiger partial charge in [0.1, 0.15) is 11.6 Å². The van der Waals surface area contributed by atoms with Crippen LogP contribution in [-0.4, -0.2) is 35.4 Å². The van der Waals surface area contributed by atoms with Crippen LogP contribution in [0.15, 0.2) is 30.3 Å². The van der Waals surface area contributed by atoms with Crippen molar-refractivity contribution in [2.45, 2.75) is 39.0 Å². The second kappa shape index (κ2) is 7.64. The van der Waals surface area contributed by atoms with Gasteiger partial charge >= 0.3 is 12.1 Å². The first-order valence-corrected chi connectivity index (χ1v) is 6.75. The van der Waals surface area contributed by atoms with E-state index >= 15 is 0 Å². The van der Waals surface area contributed by atoms with Crippen LogP contribution >= 0.6 is 0 Å². The second-order valence-corrected chi connectivity index (χ2v) is 5.65. The van der Waals surface area contributed by atoms with E-state index in [1.54, 1.807) is 20.8 Å². The summed E-state index contributed by atoms with van der Waals surface area (Å²) in [4.78, 5) is 22.7. The van der Waals surface area contributed by atoms with Gasteiger partial charge < -0.3 is 20.5 Å². The minimum Gasteiger partial charge on any atom is -0.480 e. The summed E-state index contributed by atoms with van der Waals surface area (Å²) in [6.07, 6.45) is -0.739. The average Bonchev–Trinajstić information content (AvgIpc) is 2.36. The van der Waals surface area contributed by atoms with E-state index in [0.29, 0.717) is 6.54 Å². The van der Waals surface area contributed by atoms with Crippen molar-refractivity contribution in [1.29, 1.82) is 0 Å². The first kappa shape index (κ1) is 17.0. The topological polar surface area (TPSA) is 87.7 Å². The van der Waals surface area contributed by atoms with Crippen molar-refractivity contribution in [1.82, 2.24) is 10.6 Å². The van der Waals surface area contributed by atoms with Crippen LogP contribution in [-0.2, 0) is 16.1 Å². The fraction of sp³-hybridized carbons (Fsp3) is 0.467. The number of carbonyl (C=O) groups excluding carboxylic acids is 1. The lowest BCUT2D eigenvalue weighted by atomic mass is 10.2. The maximum Gasteiger partial charge on any atom is 0.408 e. The summed E-state index contributed by atoms with van der Waals surface area (Å²) >= 11 is 0. The zero-order chi connectivity index (χ0) is 15.9. The number of nitrogens with one attached hydrogen (secondary N) is 2. The van der Waals surface area contributed by atoms with Gasteiger partial charge in [-0.25, -0.2) is 9.59 Å². The van der Waals surface area contributed by atoms with Crippen LogP contribution in [0.4, 0.5) is 4.79 Å². The molecule has 116 valence electrons. The average molecular weight is 294 g/mol. The number of alkyl carbamates (subject to hydrolysis) is 1. The Morgan fingerprint density at radius 1 is 1.24 bits per heavy atom. The number of aliphatic carboxylic acids is 1. The number of ether oxygens (including phenoxy) is 1. The molecule has 0 aliphatic heterocycles. The molecule has 1 unspecified atom stereocenters. The highest BCUT2D eigenvalue weighted by Gasteiger charge is 2.23. The Morgan fingerprint density at radius 2 is 1.86 bits per heavy atom. The van der Waals surface area contributed by atoms with E-state index in [-0.39, 0.29) is 6.54 Å². The first-order valence-electron chi connectivity index (χ1n) is 6.75. The van der Waals surface area contributed by atoms with Gasteiger partial charge in [0.2, 0.25) is 0 Å². The van der Waals surface area contributed by atoms with Gasteiger partial charge in [-0.05, 0) is 26.3 Å². The second-order valence-electron chi connectivity index (χ2n) is 5.65. The lowest BCUT2D eigenvalue weighted by Crippen LogP contribution is -2.48. The Kier molecular flexibility index (Phi) is 6.17. The van der Waals surface area contributed by atoms with E-state index < -0.39 is 23.7 Å². The highest BCUT2D eigenvalue weighted by atomic mass is 16.6. The summed E-state index contributed by atoms with van der Waals surface area (Å²) in [5.41, 5.74) is 0.379. The minimum absolute atomic E-state index is 0.115. The van der Waals surface area contributed by atoms with Gasteiger partial charge in [-0.1, -0.05) is 30.3 Å². The van der Waals surface area contributed by atoms with Crippen LogP contribution in [0.25, 0.3) is 0 Å². The molecule has 1 aromatic rings. The summed E-state index contributed by atoms with van der Waals surface area (Å²) in [6, 6.07) is 8.56. The predicted molar refractivity (Wildman–Crippen MR) is 78.9 cm³/mol. The van der Waals surface area contributed by atoms with Crippen LogP contribution in [0.5, 0.6) is 0 Å². The van der Waals surface area contributed by atoms with Gasteiger partial charge in [-0.3, -0.25) is 0 Å². The summed E-state index contributed by atoms with van der Waals surface area (Å²) in [7, 11) is 0. The molecule has 0 spiro atoms. The molecule has 0 bridgehead atoms. The lowest BCUT2D eigenvalue weighted by molar-refractivity contribution is -0.139. The third kappa shape index (κ3) is 7.31.